The standard InChI is InChI=1S/C14H15BrN4O/c1-19(2)5-6-20-14-7-12(15)3-4-13(14)18-10-11(8-16)9-17/h3-4,7,10,18H,5-6H2,1-2H3. The van der Waals surface area contributed by atoms with Crippen molar-refractivity contribution in [2.24, 2.45) is 0 Å². The summed E-state index contributed by atoms with van der Waals surface area (Å²) in [7, 11) is 3.94. The highest BCUT2D eigenvalue weighted by Gasteiger charge is 2.04. The molecule has 0 unspecified atom stereocenters. The van der Waals surface area contributed by atoms with Gasteiger partial charge in [0, 0.05) is 17.2 Å². The number of ether oxygens (including phenoxy) is 1. The molecule has 6 heteroatoms. The van der Waals surface area contributed by atoms with Crippen molar-refractivity contribution < 1.29 is 4.74 Å². The topological polar surface area (TPSA) is 72.1 Å². The van der Waals surface area contributed by atoms with Crippen molar-refractivity contribution >= 4 is 21.6 Å². The Balaban J connectivity index is 2.83. The van der Waals surface area contributed by atoms with E-state index in [0.717, 1.165) is 11.0 Å². The van der Waals surface area contributed by atoms with Crippen molar-refractivity contribution in [3.8, 4) is 17.9 Å². The zero-order valence-electron chi connectivity index (χ0n) is 11.4. The van der Waals surface area contributed by atoms with Crippen molar-refractivity contribution in [2.45, 2.75) is 0 Å². The summed E-state index contributed by atoms with van der Waals surface area (Å²) in [6, 6.07) is 9.09. The van der Waals surface area contributed by atoms with Gasteiger partial charge in [-0.2, -0.15) is 10.5 Å². The third-order valence-electron chi connectivity index (χ3n) is 2.35. The van der Waals surface area contributed by atoms with E-state index in [1.54, 1.807) is 12.1 Å². The molecule has 0 aromatic heterocycles. The molecule has 1 aromatic carbocycles. The van der Waals surface area contributed by atoms with Gasteiger partial charge in [-0.05, 0) is 32.3 Å². The van der Waals surface area contributed by atoms with Crippen LogP contribution in [-0.2, 0) is 0 Å². The van der Waals surface area contributed by atoms with Crippen LogP contribution in [0.2, 0.25) is 0 Å². The summed E-state index contributed by atoms with van der Waals surface area (Å²) in [6.45, 7) is 1.34. The number of nitrogens with zero attached hydrogens (tertiary/aromatic N) is 3. The van der Waals surface area contributed by atoms with E-state index < -0.39 is 0 Å². The molecule has 0 bridgehead atoms. The maximum atomic E-state index is 8.69. The van der Waals surface area contributed by atoms with Gasteiger partial charge in [0.15, 0.2) is 0 Å². The van der Waals surface area contributed by atoms with E-state index >= 15 is 0 Å². The molecule has 0 heterocycles. The number of hydrogen-bond donors (Lipinski definition) is 1. The fourth-order valence-electron chi connectivity index (χ4n) is 1.31. The zero-order valence-corrected chi connectivity index (χ0v) is 12.9. The normalized spacial score (nSPS) is 9.50. The van der Waals surface area contributed by atoms with Crippen LogP contribution in [0.25, 0.3) is 0 Å². The highest BCUT2D eigenvalue weighted by molar-refractivity contribution is 9.10. The maximum Gasteiger partial charge on any atom is 0.145 e. The molecule has 20 heavy (non-hydrogen) atoms. The second-order valence-corrected chi connectivity index (χ2v) is 5.13. The third kappa shape index (κ3) is 5.31. The number of rotatable bonds is 6. The van der Waals surface area contributed by atoms with Gasteiger partial charge in [0.2, 0.25) is 0 Å². The Morgan fingerprint density at radius 3 is 2.70 bits per heavy atom. The van der Waals surface area contributed by atoms with E-state index in [1.807, 2.05) is 37.2 Å². The van der Waals surface area contributed by atoms with Gasteiger partial charge in [-0.25, -0.2) is 0 Å². The monoisotopic (exact) mass is 334 g/mol. The van der Waals surface area contributed by atoms with Crippen LogP contribution in [0.15, 0.2) is 34.4 Å². The quantitative estimate of drug-likeness (QED) is 0.810. The fourth-order valence-corrected chi connectivity index (χ4v) is 1.65. The van der Waals surface area contributed by atoms with Crippen molar-refractivity contribution in [1.82, 2.24) is 4.90 Å². The maximum absolute atomic E-state index is 8.69. The van der Waals surface area contributed by atoms with Gasteiger partial charge >= 0.3 is 0 Å². The highest BCUT2D eigenvalue weighted by atomic mass is 79.9. The molecule has 0 saturated heterocycles. The second kappa shape index (κ2) is 8.21. The molecule has 104 valence electrons. The Kier molecular flexibility index (Phi) is 6.58. The molecule has 0 aliphatic heterocycles. The summed E-state index contributed by atoms with van der Waals surface area (Å²) < 4.78 is 6.60. The van der Waals surface area contributed by atoms with Gasteiger partial charge in [0.25, 0.3) is 0 Å². The third-order valence-corrected chi connectivity index (χ3v) is 2.85. The molecule has 0 radical (unpaired) electrons. The fraction of sp³-hybridized carbons (Fsp3) is 0.286. The molecule has 0 spiro atoms. The first kappa shape index (κ1) is 16.0. The minimum Gasteiger partial charge on any atom is -0.490 e. The van der Waals surface area contributed by atoms with Crippen LogP contribution in [0.3, 0.4) is 0 Å². The summed E-state index contributed by atoms with van der Waals surface area (Å²) in [6.07, 6.45) is 1.36. The average molecular weight is 335 g/mol. The lowest BCUT2D eigenvalue weighted by molar-refractivity contribution is 0.262. The molecule has 5 nitrogen and oxygen atoms in total. The first-order valence-corrected chi connectivity index (χ1v) is 6.70. The predicted octanol–water partition coefficient (Wildman–Crippen LogP) is 2.73. The summed E-state index contributed by atoms with van der Waals surface area (Å²) >= 11 is 3.39. The molecule has 0 fully saturated rings. The minimum atomic E-state index is 0.00663. The minimum absolute atomic E-state index is 0.00663. The molecule has 0 amide bonds. The molecule has 1 aromatic rings. The number of hydrogen-bond acceptors (Lipinski definition) is 5. The van der Waals surface area contributed by atoms with Crippen LogP contribution in [-0.4, -0.2) is 32.1 Å². The smallest absolute Gasteiger partial charge is 0.145 e. The molecule has 0 aliphatic carbocycles. The van der Waals surface area contributed by atoms with Gasteiger partial charge < -0.3 is 15.0 Å². The summed E-state index contributed by atoms with van der Waals surface area (Å²) in [5.74, 6) is 0.660. The van der Waals surface area contributed by atoms with E-state index in [4.69, 9.17) is 15.3 Å². The van der Waals surface area contributed by atoms with E-state index in [-0.39, 0.29) is 5.57 Å². The van der Waals surface area contributed by atoms with Gasteiger partial charge in [-0.3, -0.25) is 0 Å². The van der Waals surface area contributed by atoms with Gasteiger partial charge in [0.1, 0.15) is 30.1 Å². The molecule has 0 saturated carbocycles. The van der Waals surface area contributed by atoms with Crippen LogP contribution >= 0.6 is 15.9 Å². The number of benzene rings is 1. The van der Waals surface area contributed by atoms with Crippen molar-refractivity contribution in [3.63, 3.8) is 0 Å². The number of anilines is 1. The molecule has 0 atom stereocenters. The number of nitrogens with one attached hydrogen (secondary N) is 1. The van der Waals surface area contributed by atoms with E-state index in [2.05, 4.69) is 21.2 Å². The van der Waals surface area contributed by atoms with Crippen molar-refractivity contribution in [1.29, 1.82) is 10.5 Å². The number of likely N-dealkylation sites (N-methyl/N-ethyl adjacent to an activating group) is 1. The van der Waals surface area contributed by atoms with Crippen molar-refractivity contribution in [2.75, 3.05) is 32.6 Å². The molecule has 1 rings (SSSR count). The Hall–Kier alpha value is -2.02. The van der Waals surface area contributed by atoms with Crippen molar-refractivity contribution in [3.05, 3.63) is 34.4 Å². The number of nitriles is 2. The highest BCUT2D eigenvalue weighted by Crippen LogP contribution is 2.28. The lowest BCUT2D eigenvalue weighted by Gasteiger charge is -2.14. The van der Waals surface area contributed by atoms with Gasteiger partial charge in [-0.15, -0.1) is 0 Å². The van der Waals surface area contributed by atoms with Gasteiger partial charge in [-0.1, -0.05) is 15.9 Å². The average Bonchev–Trinajstić information content (AvgIpc) is 2.41. The number of halogens is 1. The molecule has 1 N–H and O–H groups in total. The lowest BCUT2D eigenvalue weighted by atomic mass is 10.3. The Morgan fingerprint density at radius 2 is 2.10 bits per heavy atom. The predicted molar refractivity (Wildman–Crippen MR) is 81.1 cm³/mol. The van der Waals surface area contributed by atoms with Crippen LogP contribution in [0.4, 0.5) is 5.69 Å². The lowest BCUT2D eigenvalue weighted by Crippen LogP contribution is -2.19. The Labute approximate surface area is 127 Å². The summed E-state index contributed by atoms with van der Waals surface area (Å²) in [5, 5.41) is 20.3. The molecular formula is C14H15BrN4O. The first-order chi connectivity index (χ1) is 9.56. The zero-order chi connectivity index (χ0) is 15.0. The van der Waals surface area contributed by atoms with Crippen LogP contribution in [0, 0.1) is 22.7 Å². The van der Waals surface area contributed by atoms with E-state index in [0.29, 0.717) is 18.0 Å². The van der Waals surface area contributed by atoms with E-state index in [9.17, 15) is 0 Å². The number of allylic oxidation sites excluding steroid dienone is 1. The molecular weight excluding hydrogens is 320 g/mol. The van der Waals surface area contributed by atoms with Crippen LogP contribution in [0.5, 0.6) is 5.75 Å². The van der Waals surface area contributed by atoms with Crippen LogP contribution < -0.4 is 10.1 Å². The van der Waals surface area contributed by atoms with E-state index in [1.165, 1.54) is 6.20 Å². The largest absolute Gasteiger partial charge is 0.490 e. The Bertz CT molecular complexity index is 554. The summed E-state index contributed by atoms with van der Waals surface area (Å²) in [5.41, 5.74) is 0.710. The van der Waals surface area contributed by atoms with Crippen LogP contribution in [0.1, 0.15) is 0 Å². The Morgan fingerprint density at radius 1 is 1.40 bits per heavy atom. The first-order valence-electron chi connectivity index (χ1n) is 5.91. The summed E-state index contributed by atoms with van der Waals surface area (Å²) in [4.78, 5) is 2.02. The second-order valence-electron chi connectivity index (χ2n) is 4.22. The molecule has 0 aliphatic rings. The van der Waals surface area contributed by atoms with Gasteiger partial charge in [0.05, 0.1) is 5.69 Å². The SMILES string of the molecule is CN(C)CCOc1cc(Br)ccc1NC=C(C#N)C#N.